The average molecular weight is 395 g/mol. The van der Waals surface area contributed by atoms with Gasteiger partial charge in [0.25, 0.3) is 10.0 Å². The molecule has 0 amide bonds. The number of aromatic nitrogens is 2. The lowest BCUT2D eigenvalue weighted by molar-refractivity contribution is 0.597. The van der Waals surface area contributed by atoms with Crippen molar-refractivity contribution in [2.24, 2.45) is 0 Å². The Labute approximate surface area is 123 Å². The Kier molecular flexibility index (Phi) is 4.09. The van der Waals surface area contributed by atoms with E-state index in [0.29, 0.717) is 21.5 Å². The van der Waals surface area contributed by atoms with Crippen LogP contribution in [-0.4, -0.2) is 18.4 Å². The van der Waals surface area contributed by atoms with E-state index >= 15 is 0 Å². The molecule has 102 valence electrons. The topological polar surface area (TPSA) is 74.8 Å². The lowest BCUT2D eigenvalue weighted by Gasteiger charge is -2.08. The molecule has 0 atom stereocenters. The molecule has 0 aliphatic rings. The van der Waals surface area contributed by atoms with Crippen LogP contribution in [0.5, 0.6) is 0 Å². The highest BCUT2D eigenvalue weighted by Gasteiger charge is 2.18. The van der Waals surface area contributed by atoms with E-state index in [1.807, 2.05) is 29.5 Å². The van der Waals surface area contributed by atoms with E-state index in [-0.39, 0.29) is 5.03 Å². The minimum Gasteiger partial charge on any atom is -0.332 e. The molecular weight excluding hydrogens is 384 g/mol. The third-order valence-electron chi connectivity index (χ3n) is 2.40. The number of nitrogens with one attached hydrogen (secondary N) is 2. The van der Waals surface area contributed by atoms with E-state index in [2.05, 4.69) is 14.7 Å². The van der Waals surface area contributed by atoms with Crippen molar-refractivity contribution in [3.05, 3.63) is 39.6 Å². The van der Waals surface area contributed by atoms with Gasteiger partial charge in [0.15, 0.2) is 5.03 Å². The minimum atomic E-state index is -3.73. The average Bonchev–Trinajstić information content (AvgIpc) is 2.82. The number of H-pyrrole nitrogens is 1. The zero-order chi connectivity index (χ0) is 14.0. The number of imidazole rings is 1. The van der Waals surface area contributed by atoms with Gasteiger partial charge >= 0.3 is 0 Å². The summed E-state index contributed by atoms with van der Waals surface area (Å²) in [5.74, 6) is 0.177. The van der Waals surface area contributed by atoms with Crippen molar-refractivity contribution >= 4 is 38.3 Å². The van der Waals surface area contributed by atoms with Crippen molar-refractivity contribution in [2.75, 3.05) is 4.72 Å². The summed E-state index contributed by atoms with van der Waals surface area (Å²) in [5, 5.41) is -0.00975. The van der Waals surface area contributed by atoms with Crippen LogP contribution in [0, 0.1) is 9.39 Å². The number of nitrogens with zero attached hydrogens (tertiary/aromatic N) is 1. The molecule has 0 unspecified atom stereocenters. The molecule has 0 fully saturated rings. The quantitative estimate of drug-likeness (QED) is 0.782. The second-order valence-electron chi connectivity index (χ2n) is 3.78. The summed E-state index contributed by atoms with van der Waals surface area (Å²) in [6.45, 7) is 1.87. The fourth-order valence-electron chi connectivity index (χ4n) is 1.43. The number of halogens is 2. The van der Waals surface area contributed by atoms with Crippen LogP contribution in [0.1, 0.15) is 12.7 Å². The van der Waals surface area contributed by atoms with E-state index in [9.17, 15) is 12.8 Å². The fraction of sp³-hybridized carbons (Fsp3) is 0.182. The van der Waals surface area contributed by atoms with Crippen molar-refractivity contribution < 1.29 is 12.8 Å². The molecule has 1 aromatic heterocycles. The fourth-order valence-corrected chi connectivity index (χ4v) is 3.25. The van der Waals surface area contributed by atoms with Gasteiger partial charge < -0.3 is 4.98 Å². The summed E-state index contributed by atoms with van der Waals surface area (Å²) in [4.78, 5) is 6.66. The van der Waals surface area contributed by atoms with Crippen LogP contribution in [0.15, 0.2) is 29.4 Å². The normalized spacial score (nSPS) is 11.5. The number of aromatic amines is 1. The Morgan fingerprint density at radius 3 is 2.79 bits per heavy atom. The van der Waals surface area contributed by atoms with Gasteiger partial charge in [0.05, 0.1) is 11.9 Å². The molecule has 0 aliphatic carbocycles. The molecule has 0 spiro atoms. The standard InChI is InChI=1S/C11H11FIN3O2S/c1-2-10-14-6-11(15-10)19(17,18)16-9-4-3-7(12)5-8(9)13/h3-6,16H,2H2,1H3,(H,14,15). The van der Waals surface area contributed by atoms with Gasteiger partial charge in [-0.25, -0.2) is 9.37 Å². The van der Waals surface area contributed by atoms with E-state index in [1.165, 1.54) is 24.4 Å². The molecule has 19 heavy (non-hydrogen) atoms. The van der Waals surface area contributed by atoms with E-state index < -0.39 is 15.8 Å². The monoisotopic (exact) mass is 395 g/mol. The highest BCUT2D eigenvalue weighted by atomic mass is 127. The highest BCUT2D eigenvalue weighted by molar-refractivity contribution is 14.1. The number of aryl methyl sites for hydroxylation is 1. The molecular formula is C11H11FIN3O2S. The van der Waals surface area contributed by atoms with Crippen LogP contribution >= 0.6 is 22.6 Å². The Morgan fingerprint density at radius 1 is 1.47 bits per heavy atom. The predicted molar refractivity (Wildman–Crippen MR) is 77.9 cm³/mol. The summed E-state index contributed by atoms with van der Waals surface area (Å²) in [7, 11) is -3.73. The van der Waals surface area contributed by atoms with Crippen molar-refractivity contribution in [3.63, 3.8) is 0 Å². The molecule has 0 saturated heterocycles. The molecule has 1 heterocycles. The van der Waals surface area contributed by atoms with Gasteiger partial charge in [-0.2, -0.15) is 8.42 Å². The second-order valence-corrected chi connectivity index (χ2v) is 6.59. The molecule has 2 rings (SSSR count). The van der Waals surface area contributed by atoms with Gasteiger partial charge in [0.2, 0.25) is 0 Å². The molecule has 0 radical (unpaired) electrons. The highest BCUT2D eigenvalue weighted by Crippen LogP contribution is 2.22. The molecule has 1 aromatic carbocycles. The van der Waals surface area contributed by atoms with Gasteiger partial charge in [0.1, 0.15) is 11.6 Å². The first-order valence-corrected chi connectivity index (χ1v) is 8.00. The molecule has 2 aromatic rings. The van der Waals surface area contributed by atoms with E-state index in [0.717, 1.165) is 0 Å². The Balaban J connectivity index is 2.30. The van der Waals surface area contributed by atoms with E-state index in [1.54, 1.807) is 0 Å². The third-order valence-corrected chi connectivity index (χ3v) is 4.57. The number of hydrogen-bond donors (Lipinski definition) is 2. The summed E-state index contributed by atoms with van der Waals surface area (Å²) >= 11 is 1.87. The Hall–Kier alpha value is -1.16. The second kappa shape index (κ2) is 5.45. The maximum Gasteiger partial charge on any atom is 0.279 e. The molecule has 8 heteroatoms. The first-order chi connectivity index (χ1) is 8.92. The first-order valence-electron chi connectivity index (χ1n) is 5.44. The van der Waals surface area contributed by atoms with Crippen LogP contribution in [0.3, 0.4) is 0 Å². The maximum absolute atomic E-state index is 13.0. The lowest BCUT2D eigenvalue weighted by atomic mass is 10.3. The number of anilines is 1. The molecule has 2 N–H and O–H groups in total. The smallest absolute Gasteiger partial charge is 0.279 e. The number of sulfonamides is 1. The number of rotatable bonds is 4. The first kappa shape index (κ1) is 14.3. The van der Waals surface area contributed by atoms with Crippen LogP contribution in [0.4, 0.5) is 10.1 Å². The van der Waals surface area contributed by atoms with Crippen molar-refractivity contribution in [2.45, 2.75) is 18.4 Å². The third kappa shape index (κ3) is 3.24. The van der Waals surface area contributed by atoms with Gasteiger partial charge in [-0.05, 0) is 40.8 Å². The molecule has 0 saturated carbocycles. The van der Waals surface area contributed by atoms with Gasteiger partial charge in [-0.1, -0.05) is 6.92 Å². The Bertz CT molecular complexity index is 700. The summed E-state index contributed by atoms with van der Waals surface area (Å²) in [6, 6.07) is 3.83. The van der Waals surface area contributed by atoms with Crippen LogP contribution in [0.2, 0.25) is 0 Å². The molecule has 0 aliphatic heterocycles. The zero-order valence-electron chi connectivity index (χ0n) is 9.94. The summed E-state index contributed by atoms with van der Waals surface area (Å²) in [5.41, 5.74) is 0.328. The Morgan fingerprint density at radius 2 is 2.21 bits per heavy atom. The van der Waals surface area contributed by atoms with Gasteiger partial charge in [-0.15, -0.1) is 0 Å². The SMILES string of the molecule is CCc1ncc(S(=O)(=O)Nc2ccc(F)cc2I)[nH]1. The summed E-state index contributed by atoms with van der Waals surface area (Å²) in [6.07, 6.45) is 1.88. The van der Waals surface area contributed by atoms with Crippen LogP contribution < -0.4 is 4.72 Å². The maximum atomic E-state index is 13.0. The minimum absolute atomic E-state index is 0.00975. The van der Waals surface area contributed by atoms with Crippen molar-refractivity contribution in [3.8, 4) is 0 Å². The molecule has 0 bridgehead atoms. The van der Waals surface area contributed by atoms with Gasteiger partial charge in [0, 0.05) is 9.99 Å². The van der Waals surface area contributed by atoms with Crippen molar-refractivity contribution in [1.82, 2.24) is 9.97 Å². The van der Waals surface area contributed by atoms with Crippen LogP contribution in [-0.2, 0) is 16.4 Å². The zero-order valence-corrected chi connectivity index (χ0v) is 12.9. The van der Waals surface area contributed by atoms with Crippen molar-refractivity contribution in [1.29, 1.82) is 0 Å². The predicted octanol–water partition coefficient (Wildman–Crippen LogP) is 2.52. The summed E-state index contributed by atoms with van der Waals surface area (Å²) < 4.78 is 40.0. The number of benzene rings is 1. The van der Waals surface area contributed by atoms with Gasteiger partial charge in [-0.3, -0.25) is 4.72 Å². The van der Waals surface area contributed by atoms with E-state index in [4.69, 9.17) is 0 Å². The lowest BCUT2D eigenvalue weighted by Crippen LogP contribution is -2.14. The largest absolute Gasteiger partial charge is 0.332 e. The number of hydrogen-bond acceptors (Lipinski definition) is 3. The molecule has 5 nitrogen and oxygen atoms in total. The van der Waals surface area contributed by atoms with Crippen LogP contribution in [0.25, 0.3) is 0 Å².